The first-order chi connectivity index (χ1) is 9.11. The van der Waals surface area contributed by atoms with Gasteiger partial charge in [-0.25, -0.2) is 0 Å². The van der Waals surface area contributed by atoms with Crippen LogP contribution >= 0.6 is 0 Å². The van der Waals surface area contributed by atoms with Crippen molar-refractivity contribution in [3.8, 4) is 12.3 Å². The van der Waals surface area contributed by atoms with E-state index in [2.05, 4.69) is 5.92 Å². The average molecular weight is 257 g/mol. The molecule has 2 atom stereocenters. The molecule has 1 N–H and O–H groups in total. The molecule has 0 radical (unpaired) electrons. The Bertz CT molecular complexity index is 518. The highest BCUT2D eigenvalue weighted by Crippen LogP contribution is 2.30. The lowest BCUT2D eigenvalue weighted by Crippen LogP contribution is -2.31. The van der Waals surface area contributed by atoms with Gasteiger partial charge in [-0.15, -0.1) is 12.3 Å². The van der Waals surface area contributed by atoms with Crippen LogP contribution in [0.4, 0.5) is 0 Å². The molecule has 1 aromatic carbocycles. The van der Waals surface area contributed by atoms with Gasteiger partial charge >= 0.3 is 5.97 Å². The smallest absolute Gasteiger partial charge is 0.305 e. The second-order valence-electron chi connectivity index (χ2n) is 4.64. The third-order valence-electron chi connectivity index (χ3n) is 3.32. The molecule has 0 spiro atoms. The Hall–Kier alpha value is -2.28. The van der Waals surface area contributed by atoms with Crippen molar-refractivity contribution in [1.82, 2.24) is 4.90 Å². The highest BCUT2D eigenvalue weighted by atomic mass is 16.4. The summed E-state index contributed by atoms with van der Waals surface area (Å²) >= 11 is 0. The summed E-state index contributed by atoms with van der Waals surface area (Å²) in [6.45, 7) is 0.433. The normalized spacial score (nSPS) is 20.1. The third-order valence-corrected chi connectivity index (χ3v) is 3.32. The van der Waals surface area contributed by atoms with Gasteiger partial charge in [0, 0.05) is 18.9 Å². The second kappa shape index (κ2) is 5.57. The standard InChI is InChI=1S/C15H15NO3/c1-2-11-8-14(17)16(10-11)13(9-15(18)19)12-6-4-3-5-7-12/h1,3-7,11,13H,8-10H2,(H,18,19). The molecular formula is C15H15NO3. The number of carbonyl (C=O) groups excluding carboxylic acids is 1. The second-order valence-corrected chi connectivity index (χ2v) is 4.64. The number of amides is 1. The number of rotatable bonds is 4. The van der Waals surface area contributed by atoms with Crippen LogP contribution < -0.4 is 0 Å². The number of likely N-dealkylation sites (tertiary alicyclic amines) is 1. The minimum atomic E-state index is -0.925. The van der Waals surface area contributed by atoms with Crippen molar-refractivity contribution in [2.24, 2.45) is 5.92 Å². The highest BCUT2D eigenvalue weighted by molar-refractivity contribution is 5.80. The minimum Gasteiger partial charge on any atom is -0.481 e. The molecule has 0 aromatic heterocycles. The molecule has 1 saturated heterocycles. The Morgan fingerprint density at radius 1 is 1.47 bits per heavy atom. The molecular weight excluding hydrogens is 242 g/mol. The first-order valence-corrected chi connectivity index (χ1v) is 6.14. The van der Waals surface area contributed by atoms with Crippen molar-refractivity contribution in [3.63, 3.8) is 0 Å². The van der Waals surface area contributed by atoms with E-state index in [-0.39, 0.29) is 18.2 Å². The van der Waals surface area contributed by atoms with Gasteiger partial charge in [-0.05, 0) is 5.56 Å². The number of hydrogen-bond acceptors (Lipinski definition) is 2. The van der Waals surface area contributed by atoms with Crippen molar-refractivity contribution in [3.05, 3.63) is 35.9 Å². The van der Waals surface area contributed by atoms with Crippen molar-refractivity contribution in [2.75, 3.05) is 6.54 Å². The van der Waals surface area contributed by atoms with E-state index in [1.165, 1.54) is 0 Å². The molecule has 0 aliphatic carbocycles. The maximum Gasteiger partial charge on any atom is 0.305 e. The van der Waals surface area contributed by atoms with Crippen LogP contribution in [0.1, 0.15) is 24.4 Å². The number of carboxylic acids is 1. The Morgan fingerprint density at radius 3 is 2.68 bits per heavy atom. The molecule has 1 heterocycles. The first kappa shape index (κ1) is 13.2. The number of carbonyl (C=O) groups is 2. The molecule has 1 fully saturated rings. The van der Waals surface area contributed by atoms with E-state index >= 15 is 0 Å². The number of carboxylic acid groups (broad SMARTS) is 1. The maximum absolute atomic E-state index is 12.0. The van der Waals surface area contributed by atoms with E-state index in [1.54, 1.807) is 4.90 Å². The molecule has 19 heavy (non-hydrogen) atoms. The number of hydrogen-bond donors (Lipinski definition) is 1. The van der Waals surface area contributed by atoms with Gasteiger partial charge in [0.1, 0.15) is 0 Å². The number of benzene rings is 1. The Balaban J connectivity index is 2.26. The van der Waals surface area contributed by atoms with E-state index in [0.29, 0.717) is 13.0 Å². The van der Waals surface area contributed by atoms with Crippen LogP contribution in [0.3, 0.4) is 0 Å². The molecule has 2 rings (SSSR count). The van der Waals surface area contributed by atoms with Gasteiger partial charge in [-0.3, -0.25) is 9.59 Å². The van der Waals surface area contributed by atoms with E-state index in [0.717, 1.165) is 5.56 Å². The Morgan fingerprint density at radius 2 is 2.16 bits per heavy atom. The summed E-state index contributed by atoms with van der Waals surface area (Å²) in [5.74, 6) is 1.46. The van der Waals surface area contributed by atoms with Crippen LogP contribution in [0, 0.1) is 18.3 Å². The summed E-state index contributed by atoms with van der Waals surface area (Å²) < 4.78 is 0. The fraction of sp³-hybridized carbons (Fsp3) is 0.333. The molecule has 98 valence electrons. The van der Waals surface area contributed by atoms with Gasteiger partial charge < -0.3 is 10.0 Å². The van der Waals surface area contributed by atoms with Crippen LogP contribution in [0.25, 0.3) is 0 Å². The SMILES string of the molecule is C#CC1CC(=O)N(C(CC(=O)O)c2ccccc2)C1. The molecule has 4 nitrogen and oxygen atoms in total. The summed E-state index contributed by atoms with van der Waals surface area (Å²) in [6.07, 6.45) is 5.55. The summed E-state index contributed by atoms with van der Waals surface area (Å²) in [5.41, 5.74) is 0.830. The van der Waals surface area contributed by atoms with Crippen molar-refractivity contribution < 1.29 is 14.7 Å². The summed E-state index contributed by atoms with van der Waals surface area (Å²) in [5, 5.41) is 9.04. The van der Waals surface area contributed by atoms with E-state index in [9.17, 15) is 9.59 Å². The molecule has 0 bridgehead atoms. The average Bonchev–Trinajstić information content (AvgIpc) is 2.78. The van der Waals surface area contributed by atoms with Gasteiger partial charge in [0.25, 0.3) is 0 Å². The van der Waals surface area contributed by atoms with Crippen LogP contribution in [0.2, 0.25) is 0 Å². The van der Waals surface area contributed by atoms with Gasteiger partial charge in [0.15, 0.2) is 0 Å². The predicted molar refractivity (Wildman–Crippen MR) is 70.1 cm³/mol. The molecule has 1 aliphatic heterocycles. The summed E-state index contributed by atoms with van der Waals surface area (Å²) in [6, 6.07) is 8.77. The summed E-state index contributed by atoms with van der Waals surface area (Å²) in [4.78, 5) is 24.6. The topological polar surface area (TPSA) is 57.6 Å². The third kappa shape index (κ3) is 2.94. The molecule has 0 saturated carbocycles. The molecule has 1 aromatic rings. The number of nitrogens with zero attached hydrogens (tertiary/aromatic N) is 1. The zero-order valence-electron chi connectivity index (χ0n) is 10.5. The van der Waals surface area contributed by atoms with E-state index in [4.69, 9.17) is 11.5 Å². The fourth-order valence-electron chi connectivity index (χ4n) is 2.39. The van der Waals surface area contributed by atoms with Crippen molar-refractivity contribution in [2.45, 2.75) is 18.9 Å². The van der Waals surface area contributed by atoms with Crippen LogP contribution in [-0.2, 0) is 9.59 Å². The lowest BCUT2D eigenvalue weighted by atomic mass is 10.0. The largest absolute Gasteiger partial charge is 0.481 e. The lowest BCUT2D eigenvalue weighted by molar-refractivity contribution is -0.139. The van der Waals surface area contributed by atoms with E-state index in [1.807, 2.05) is 30.3 Å². The highest BCUT2D eigenvalue weighted by Gasteiger charge is 2.35. The monoisotopic (exact) mass is 257 g/mol. The van der Waals surface area contributed by atoms with Crippen LogP contribution in [0.5, 0.6) is 0 Å². The summed E-state index contributed by atoms with van der Waals surface area (Å²) in [7, 11) is 0. The van der Waals surface area contributed by atoms with Gasteiger partial charge in [0.05, 0.1) is 12.5 Å². The van der Waals surface area contributed by atoms with Crippen molar-refractivity contribution in [1.29, 1.82) is 0 Å². The van der Waals surface area contributed by atoms with Gasteiger partial charge in [-0.2, -0.15) is 0 Å². The number of aliphatic carboxylic acids is 1. The quantitative estimate of drug-likeness (QED) is 0.835. The first-order valence-electron chi connectivity index (χ1n) is 6.14. The maximum atomic E-state index is 12.0. The molecule has 1 amide bonds. The fourth-order valence-corrected chi connectivity index (χ4v) is 2.39. The lowest BCUT2D eigenvalue weighted by Gasteiger charge is -2.27. The Kier molecular flexibility index (Phi) is 3.86. The van der Waals surface area contributed by atoms with Crippen LogP contribution in [-0.4, -0.2) is 28.4 Å². The van der Waals surface area contributed by atoms with Gasteiger partial charge in [0.2, 0.25) is 5.91 Å². The van der Waals surface area contributed by atoms with Crippen molar-refractivity contribution >= 4 is 11.9 Å². The minimum absolute atomic E-state index is 0.0712. The number of terminal acetylenes is 1. The van der Waals surface area contributed by atoms with E-state index < -0.39 is 12.0 Å². The predicted octanol–water partition coefficient (Wildman–Crippen LogP) is 1.68. The van der Waals surface area contributed by atoms with Gasteiger partial charge in [-0.1, -0.05) is 30.3 Å². The zero-order chi connectivity index (χ0) is 13.8. The molecule has 2 unspecified atom stereocenters. The Labute approximate surface area is 112 Å². The molecule has 4 heteroatoms. The molecule has 1 aliphatic rings. The zero-order valence-corrected chi connectivity index (χ0v) is 10.5. The van der Waals surface area contributed by atoms with Crippen LogP contribution in [0.15, 0.2) is 30.3 Å².